The second kappa shape index (κ2) is 5.94. The molecule has 1 atom stereocenters. The van der Waals surface area contributed by atoms with Crippen LogP contribution in [-0.4, -0.2) is 46.4 Å². The normalized spacial score (nSPS) is 23.6. The average Bonchev–Trinajstić information content (AvgIpc) is 2.92. The van der Waals surface area contributed by atoms with Crippen LogP contribution in [0, 0.1) is 6.92 Å². The first-order valence-corrected chi connectivity index (χ1v) is 8.07. The molecule has 2 aliphatic heterocycles. The first-order chi connectivity index (χ1) is 11.2. The third-order valence-corrected chi connectivity index (χ3v) is 4.46. The standard InChI is InChI=1S/C17H21N3O3/c1-13-8-14(19-23-13)10-20-11-17(12-20)9-15(5-7-21-17)22-16-4-2-3-6-18-16/h2-4,6,8,15H,5,7,9-12H2,1H3/t15-/m1/s1. The van der Waals surface area contributed by atoms with Crippen molar-refractivity contribution in [3.8, 4) is 5.88 Å². The van der Waals surface area contributed by atoms with Gasteiger partial charge in [-0.25, -0.2) is 4.98 Å². The summed E-state index contributed by atoms with van der Waals surface area (Å²) in [6.07, 6.45) is 3.77. The predicted octanol–water partition coefficient (Wildman–Crippen LogP) is 2.19. The molecule has 0 radical (unpaired) electrons. The molecule has 2 aliphatic rings. The van der Waals surface area contributed by atoms with Crippen molar-refractivity contribution in [1.29, 1.82) is 0 Å². The molecule has 2 aromatic heterocycles. The lowest BCUT2D eigenvalue weighted by Crippen LogP contribution is -2.65. The number of aromatic nitrogens is 2. The number of aryl methyl sites for hydroxylation is 1. The largest absolute Gasteiger partial charge is 0.474 e. The van der Waals surface area contributed by atoms with E-state index in [2.05, 4.69) is 15.0 Å². The van der Waals surface area contributed by atoms with Crippen LogP contribution >= 0.6 is 0 Å². The first-order valence-electron chi connectivity index (χ1n) is 8.07. The van der Waals surface area contributed by atoms with Crippen LogP contribution in [-0.2, 0) is 11.3 Å². The Labute approximate surface area is 135 Å². The molecule has 1 spiro atoms. The predicted molar refractivity (Wildman–Crippen MR) is 83.1 cm³/mol. The van der Waals surface area contributed by atoms with Crippen LogP contribution in [0.25, 0.3) is 0 Å². The molecular formula is C17H21N3O3. The Morgan fingerprint density at radius 3 is 3.04 bits per heavy atom. The van der Waals surface area contributed by atoms with Crippen molar-refractivity contribution in [3.63, 3.8) is 0 Å². The minimum absolute atomic E-state index is 0.0729. The van der Waals surface area contributed by atoms with Crippen molar-refractivity contribution < 1.29 is 14.0 Å². The molecule has 0 aliphatic carbocycles. The van der Waals surface area contributed by atoms with E-state index in [0.717, 1.165) is 50.5 Å². The molecule has 23 heavy (non-hydrogen) atoms. The van der Waals surface area contributed by atoms with Gasteiger partial charge in [0, 0.05) is 50.8 Å². The molecule has 0 saturated carbocycles. The SMILES string of the molecule is Cc1cc(CN2CC3(C[C@H](Oc4ccccn4)CCO3)C2)no1. The van der Waals surface area contributed by atoms with Gasteiger partial charge in [0.05, 0.1) is 17.9 Å². The van der Waals surface area contributed by atoms with E-state index >= 15 is 0 Å². The van der Waals surface area contributed by atoms with E-state index in [4.69, 9.17) is 14.0 Å². The molecule has 4 heterocycles. The molecule has 0 amide bonds. The highest BCUT2D eigenvalue weighted by Gasteiger charge is 2.48. The van der Waals surface area contributed by atoms with Crippen molar-refractivity contribution in [3.05, 3.63) is 41.9 Å². The Kier molecular flexibility index (Phi) is 3.79. The quantitative estimate of drug-likeness (QED) is 0.862. The van der Waals surface area contributed by atoms with Gasteiger partial charge in [0.15, 0.2) is 0 Å². The Morgan fingerprint density at radius 2 is 2.30 bits per heavy atom. The van der Waals surface area contributed by atoms with E-state index in [1.807, 2.05) is 31.2 Å². The van der Waals surface area contributed by atoms with Gasteiger partial charge in [-0.3, -0.25) is 4.90 Å². The van der Waals surface area contributed by atoms with Crippen molar-refractivity contribution in [1.82, 2.24) is 15.0 Å². The third kappa shape index (κ3) is 3.23. The first kappa shape index (κ1) is 14.7. The van der Waals surface area contributed by atoms with Crippen LogP contribution in [0.3, 0.4) is 0 Å². The number of pyridine rings is 1. The zero-order chi connectivity index (χ0) is 15.7. The number of hydrogen-bond acceptors (Lipinski definition) is 6. The molecule has 2 aromatic rings. The highest BCUT2D eigenvalue weighted by Crippen LogP contribution is 2.36. The van der Waals surface area contributed by atoms with Gasteiger partial charge in [-0.15, -0.1) is 0 Å². The minimum Gasteiger partial charge on any atom is -0.474 e. The molecule has 0 unspecified atom stereocenters. The van der Waals surface area contributed by atoms with Crippen LogP contribution in [0.1, 0.15) is 24.3 Å². The fraction of sp³-hybridized carbons (Fsp3) is 0.529. The number of rotatable bonds is 4. The Hall–Kier alpha value is -1.92. The summed E-state index contributed by atoms with van der Waals surface area (Å²) >= 11 is 0. The van der Waals surface area contributed by atoms with Gasteiger partial charge in [0.2, 0.25) is 5.88 Å². The summed E-state index contributed by atoms with van der Waals surface area (Å²) in [7, 11) is 0. The van der Waals surface area contributed by atoms with Crippen LogP contribution in [0.5, 0.6) is 5.88 Å². The maximum absolute atomic E-state index is 6.06. The van der Waals surface area contributed by atoms with Gasteiger partial charge in [-0.1, -0.05) is 11.2 Å². The van der Waals surface area contributed by atoms with Gasteiger partial charge in [-0.2, -0.15) is 0 Å². The molecule has 2 fully saturated rings. The molecule has 2 saturated heterocycles. The maximum Gasteiger partial charge on any atom is 0.213 e. The van der Waals surface area contributed by atoms with Crippen molar-refractivity contribution >= 4 is 0 Å². The Balaban J connectivity index is 1.32. The molecule has 122 valence electrons. The topological polar surface area (TPSA) is 60.6 Å². The number of nitrogens with zero attached hydrogens (tertiary/aromatic N) is 3. The zero-order valence-corrected chi connectivity index (χ0v) is 13.3. The summed E-state index contributed by atoms with van der Waals surface area (Å²) in [5.41, 5.74) is 0.908. The van der Waals surface area contributed by atoms with Gasteiger partial charge < -0.3 is 14.0 Å². The lowest BCUT2D eigenvalue weighted by atomic mass is 9.84. The number of hydrogen-bond donors (Lipinski definition) is 0. The summed E-state index contributed by atoms with van der Waals surface area (Å²) in [6, 6.07) is 7.73. The van der Waals surface area contributed by atoms with Crippen LogP contribution < -0.4 is 4.74 Å². The molecule has 6 heteroatoms. The van der Waals surface area contributed by atoms with Crippen LogP contribution in [0.2, 0.25) is 0 Å². The second-order valence-corrected chi connectivity index (χ2v) is 6.51. The van der Waals surface area contributed by atoms with E-state index in [0.29, 0.717) is 5.88 Å². The summed E-state index contributed by atoms with van der Waals surface area (Å²) in [5.74, 6) is 1.55. The summed E-state index contributed by atoms with van der Waals surface area (Å²) in [5, 5.41) is 4.05. The van der Waals surface area contributed by atoms with Gasteiger partial charge in [0.1, 0.15) is 11.9 Å². The summed E-state index contributed by atoms with van der Waals surface area (Å²) in [4.78, 5) is 6.58. The lowest BCUT2D eigenvalue weighted by molar-refractivity contribution is -0.188. The highest BCUT2D eigenvalue weighted by atomic mass is 16.5. The lowest BCUT2D eigenvalue weighted by Gasteiger charge is -2.52. The average molecular weight is 315 g/mol. The molecule has 4 rings (SSSR count). The van der Waals surface area contributed by atoms with E-state index < -0.39 is 0 Å². The fourth-order valence-electron chi connectivity index (χ4n) is 3.49. The van der Waals surface area contributed by atoms with Gasteiger partial charge >= 0.3 is 0 Å². The van der Waals surface area contributed by atoms with Gasteiger partial charge in [-0.05, 0) is 13.0 Å². The highest BCUT2D eigenvalue weighted by molar-refractivity contribution is 5.11. The smallest absolute Gasteiger partial charge is 0.213 e. The van der Waals surface area contributed by atoms with Crippen molar-refractivity contribution in [2.75, 3.05) is 19.7 Å². The van der Waals surface area contributed by atoms with E-state index in [1.54, 1.807) is 6.20 Å². The van der Waals surface area contributed by atoms with Crippen LogP contribution in [0.4, 0.5) is 0 Å². The molecule has 0 bridgehead atoms. The molecule has 0 aromatic carbocycles. The van der Waals surface area contributed by atoms with Gasteiger partial charge in [0.25, 0.3) is 0 Å². The fourth-order valence-corrected chi connectivity index (χ4v) is 3.49. The molecular weight excluding hydrogens is 294 g/mol. The van der Waals surface area contributed by atoms with Crippen molar-refractivity contribution in [2.45, 2.75) is 38.0 Å². The second-order valence-electron chi connectivity index (χ2n) is 6.51. The Bertz CT molecular complexity index is 652. The molecule has 6 nitrogen and oxygen atoms in total. The van der Waals surface area contributed by atoms with E-state index in [-0.39, 0.29) is 11.7 Å². The zero-order valence-electron chi connectivity index (χ0n) is 13.3. The van der Waals surface area contributed by atoms with E-state index in [9.17, 15) is 0 Å². The van der Waals surface area contributed by atoms with E-state index in [1.165, 1.54) is 0 Å². The van der Waals surface area contributed by atoms with Crippen LogP contribution in [0.15, 0.2) is 35.0 Å². The number of likely N-dealkylation sites (tertiary alicyclic amines) is 1. The monoisotopic (exact) mass is 315 g/mol. The maximum atomic E-state index is 6.06. The minimum atomic E-state index is -0.0729. The van der Waals surface area contributed by atoms with Crippen molar-refractivity contribution in [2.24, 2.45) is 0 Å². The summed E-state index contributed by atoms with van der Waals surface area (Å²) < 4.78 is 17.2. The molecule has 0 N–H and O–H groups in total. The summed E-state index contributed by atoms with van der Waals surface area (Å²) in [6.45, 7) is 5.31. The number of ether oxygens (including phenoxy) is 2. The third-order valence-electron chi connectivity index (χ3n) is 4.46. The Morgan fingerprint density at radius 1 is 1.39 bits per heavy atom.